The molecule has 3 aliphatic carbocycles. The molecule has 1 aromatic carbocycles. The van der Waals surface area contributed by atoms with Crippen LogP contribution < -0.4 is 10.6 Å². The molecule has 0 aromatic heterocycles. The molecular weight excluding hydrogens is 399 g/mol. The number of anilines is 1. The van der Waals surface area contributed by atoms with Crippen molar-refractivity contribution >= 4 is 17.7 Å². The number of alkyl carbamates (subject to hydrolysis) is 1. The van der Waals surface area contributed by atoms with E-state index in [0.717, 1.165) is 44.2 Å². The van der Waals surface area contributed by atoms with Crippen LogP contribution in [0.25, 0.3) is 0 Å². The highest BCUT2D eigenvalue weighted by Crippen LogP contribution is 2.57. The van der Waals surface area contributed by atoms with Gasteiger partial charge in [-0.05, 0) is 88.0 Å². The molecule has 3 N–H and O–H groups in total. The fraction of sp³-hybridized carbons (Fsp3) is 0.583. The molecule has 0 radical (unpaired) electrons. The van der Waals surface area contributed by atoms with E-state index in [2.05, 4.69) is 22.8 Å². The standard InChI is InChI=1S/C24H33FN2O4/c1-22(2,3)31-21(30)27-16-17(14-25)15-26-19-6-4-18(5-7-19)23-8-11-24(12-9-23,13-10-23)20(28)29/h4-7,14,26H,8-13,15-16H2,1-3H3,(H,27,30)(H,28,29)/b17-14+. The third-order valence-electron chi connectivity index (χ3n) is 6.73. The molecule has 0 heterocycles. The van der Waals surface area contributed by atoms with Crippen molar-refractivity contribution in [2.75, 3.05) is 18.4 Å². The molecule has 1 amide bonds. The molecule has 0 saturated heterocycles. The molecule has 170 valence electrons. The average Bonchev–Trinajstić information content (AvgIpc) is 2.74. The number of hydrogen-bond acceptors (Lipinski definition) is 4. The second-order valence-corrected chi connectivity index (χ2v) is 9.92. The zero-order valence-electron chi connectivity index (χ0n) is 18.6. The highest BCUT2D eigenvalue weighted by atomic mass is 19.1. The first-order valence-corrected chi connectivity index (χ1v) is 10.9. The van der Waals surface area contributed by atoms with Crippen LogP contribution in [0.5, 0.6) is 0 Å². The molecule has 0 unspecified atom stereocenters. The van der Waals surface area contributed by atoms with Gasteiger partial charge in [-0.25, -0.2) is 9.18 Å². The molecule has 3 saturated carbocycles. The molecule has 0 aliphatic heterocycles. The Morgan fingerprint density at radius 2 is 1.65 bits per heavy atom. The molecule has 1 aromatic rings. The Morgan fingerprint density at radius 1 is 1.06 bits per heavy atom. The topological polar surface area (TPSA) is 87.7 Å². The van der Waals surface area contributed by atoms with Gasteiger partial charge in [-0.1, -0.05) is 12.1 Å². The van der Waals surface area contributed by atoms with Gasteiger partial charge in [0.05, 0.1) is 11.7 Å². The Balaban J connectivity index is 1.52. The number of carbonyl (C=O) groups excluding carboxylic acids is 1. The summed E-state index contributed by atoms with van der Waals surface area (Å²) in [7, 11) is 0. The van der Waals surface area contributed by atoms with Crippen molar-refractivity contribution in [3.8, 4) is 0 Å². The Kier molecular flexibility index (Phi) is 6.62. The maximum absolute atomic E-state index is 13.2. The minimum absolute atomic E-state index is 0.0605. The van der Waals surface area contributed by atoms with Crippen molar-refractivity contribution in [2.24, 2.45) is 5.41 Å². The summed E-state index contributed by atoms with van der Waals surface area (Å²) in [6.45, 7) is 5.63. The van der Waals surface area contributed by atoms with Crippen LogP contribution in [0.4, 0.5) is 14.9 Å². The first kappa shape index (κ1) is 23.1. The number of aliphatic carboxylic acids is 1. The van der Waals surface area contributed by atoms with Crippen molar-refractivity contribution in [3.63, 3.8) is 0 Å². The normalized spacial score (nSPS) is 25.7. The van der Waals surface area contributed by atoms with Gasteiger partial charge < -0.3 is 20.5 Å². The molecule has 7 heteroatoms. The van der Waals surface area contributed by atoms with E-state index in [-0.39, 0.29) is 18.5 Å². The van der Waals surface area contributed by atoms with Crippen LogP contribution >= 0.6 is 0 Å². The maximum atomic E-state index is 13.2. The smallest absolute Gasteiger partial charge is 0.407 e. The van der Waals surface area contributed by atoms with E-state index in [1.54, 1.807) is 20.8 Å². The molecule has 3 aliphatic rings. The monoisotopic (exact) mass is 432 g/mol. The summed E-state index contributed by atoms with van der Waals surface area (Å²) < 4.78 is 18.4. The predicted molar refractivity (Wildman–Crippen MR) is 118 cm³/mol. The van der Waals surface area contributed by atoms with E-state index in [4.69, 9.17) is 4.74 Å². The first-order chi connectivity index (χ1) is 14.6. The number of amides is 1. The average molecular weight is 433 g/mol. The highest BCUT2D eigenvalue weighted by Gasteiger charge is 2.53. The summed E-state index contributed by atoms with van der Waals surface area (Å²) in [5, 5.41) is 15.3. The van der Waals surface area contributed by atoms with Gasteiger partial charge in [0.15, 0.2) is 0 Å². The minimum Gasteiger partial charge on any atom is -0.481 e. The van der Waals surface area contributed by atoms with Gasteiger partial charge in [0.2, 0.25) is 0 Å². The lowest BCUT2D eigenvalue weighted by molar-refractivity contribution is -0.156. The summed E-state index contributed by atoms with van der Waals surface area (Å²) in [4.78, 5) is 23.4. The van der Waals surface area contributed by atoms with Crippen molar-refractivity contribution in [1.29, 1.82) is 0 Å². The number of carbonyl (C=O) groups is 2. The number of ether oxygens (including phenoxy) is 1. The van der Waals surface area contributed by atoms with Crippen LogP contribution in [-0.2, 0) is 14.9 Å². The molecule has 0 atom stereocenters. The lowest BCUT2D eigenvalue weighted by atomic mass is 9.52. The molecule has 3 fully saturated rings. The Bertz CT molecular complexity index is 818. The summed E-state index contributed by atoms with van der Waals surface area (Å²) in [5.74, 6) is -0.641. The van der Waals surface area contributed by atoms with E-state index in [9.17, 15) is 19.1 Å². The molecule has 31 heavy (non-hydrogen) atoms. The van der Waals surface area contributed by atoms with Gasteiger partial charge in [0, 0.05) is 18.8 Å². The Hall–Kier alpha value is -2.57. The Labute approximate surface area is 183 Å². The number of fused-ring (bicyclic) bond motifs is 3. The largest absolute Gasteiger partial charge is 0.481 e. The molecule has 6 nitrogen and oxygen atoms in total. The second-order valence-electron chi connectivity index (χ2n) is 9.92. The van der Waals surface area contributed by atoms with E-state index in [1.807, 2.05) is 12.1 Å². The molecule has 0 spiro atoms. The second kappa shape index (κ2) is 8.89. The number of benzene rings is 1. The van der Waals surface area contributed by atoms with Gasteiger partial charge in [-0.3, -0.25) is 4.79 Å². The number of carboxylic acid groups (broad SMARTS) is 1. The van der Waals surface area contributed by atoms with Crippen molar-refractivity contribution in [1.82, 2.24) is 5.32 Å². The van der Waals surface area contributed by atoms with Gasteiger partial charge in [-0.2, -0.15) is 0 Å². The Morgan fingerprint density at radius 3 is 2.13 bits per heavy atom. The van der Waals surface area contributed by atoms with Crippen molar-refractivity contribution in [3.05, 3.63) is 41.7 Å². The van der Waals surface area contributed by atoms with Crippen LogP contribution in [0.2, 0.25) is 0 Å². The number of halogens is 1. The molecular formula is C24H33FN2O4. The number of nitrogens with one attached hydrogen (secondary N) is 2. The number of hydrogen-bond donors (Lipinski definition) is 3. The first-order valence-electron chi connectivity index (χ1n) is 10.9. The van der Waals surface area contributed by atoms with E-state index in [1.165, 1.54) is 5.56 Å². The van der Waals surface area contributed by atoms with Crippen LogP contribution in [0, 0.1) is 5.41 Å². The van der Waals surface area contributed by atoms with Crippen molar-refractivity contribution in [2.45, 2.75) is 70.3 Å². The third kappa shape index (κ3) is 5.38. The third-order valence-corrected chi connectivity index (χ3v) is 6.73. The summed E-state index contributed by atoms with van der Waals surface area (Å²) in [5.41, 5.74) is 1.49. The molecule has 4 rings (SSSR count). The van der Waals surface area contributed by atoms with E-state index < -0.39 is 23.1 Å². The van der Waals surface area contributed by atoms with E-state index >= 15 is 0 Å². The zero-order chi connectivity index (χ0) is 22.7. The summed E-state index contributed by atoms with van der Waals surface area (Å²) in [6, 6.07) is 8.15. The number of carboxylic acids is 1. The van der Waals surface area contributed by atoms with Crippen molar-refractivity contribution < 1.29 is 23.8 Å². The highest BCUT2D eigenvalue weighted by molar-refractivity contribution is 5.75. The zero-order valence-corrected chi connectivity index (χ0v) is 18.6. The predicted octanol–water partition coefficient (Wildman–Crippen LogP) is 5.15. The maximum Gasteiger partial charge on any atom is 0.407 e. The van der Waals surface area contributed by atoms with Crippen LogP contribution in [0.15, 0.2) is 36.2 Å². The fourth-order valence-corrected chi connectivity index (χ4v) is 4.74. The minimum atomic E-state index is -0.641. The lowest BCUT2D eigenvalue weighted by Gasteiger charge is -2.51. The SMILES string of the molecule is CC(C)(C)OC(=O)NC/C(=C/F)CNc1ccc(C23CCC(C(=O)O)(CC2)CC3)cc1. The van der Waals surface area contributed by atoms with Gasteiger partial charge in [-0.15, -0.1) is 0 Å². The fourth-order valence-electron chi connectivity index (χ4n) is 4.74. The lowest BCUT2D eigenvalue weighted by Crippen LogP contribution is -2.47. The summed E-state index contributed by atoms with van der Waals surface area (Å²) in [6.07, 6.45) is 4.90. The van der Waals surface area contributed by atoms with Gasteiger partial charge >= 0.3 is 12.1 Å². The quantitative estimate of drug-likeness (QED) is 0.554. The van der Waals surface area contributed by atoms with Crippen LogP contribution in [-0.4, -0.2) is 35.9 Å². The summed E-state index contributed by atoms with van der Waals surface area (Å²) >= 11 is 0. The number of rotatable bonds is 7. The molecule has 2 bridgehead atoms. The van der Waals surface area contributed by atoms with Crippen LogP contribution in [0.1, 0.15) is 64.9 Å². The van der Waals surface area contributed by atoms with Crippen LogP contribution in [0.3, 0.4) is 0 Å². The van der Waals surface area contributed by atoms with E-state index in [0.29, 0.717) is 11.9 Å². The van der Waals surface area contributed by atoms with Gasteiger partial charge in [0.1, 0.15) is 5.60 Å². The van der Waals surface area contributed by atoms with Gasteiger partial charge in [0.25, 0.3) is 0 Å².